The molecule has 0 heterocycles. The number of carbonyl (C=O) groups excluding carboxylic acids is 2. The molecule has 0 saturated heterocycles. The SMILES string of the molecule is CCCCCCCCCCCCCCCCCCCCCCCC(O)C(CO)NC(=O)CCCCCCCCCCCCCCCCCCCCCCOC(=O)CCCCCCCCCCCCCCC. The van der Waals surface area contributed by atoms with Crippen LogP contribution in [0.2, 0.25) is 0 Å². The summed E-state index contributed by atoms with van der Waals surface area (Å²) in [6.07, 6.45) is 72.6. The number of rotatable bonds is 62. The van der Waals surface area contributed by atoms with Crippen LogP contribution in [0, 0.1) is 0 Å². The summed E-state index contributed by atoms with van der Waals surface area (Å²) in [5, 5.41) is 23.4. The molecule has 0 aromatic heterocycles. The molecule has 0 aliphatic rings. The third-order valence-corrected chi connectivity index (χ3v) is 15.7. The smallest absolute Gasteiger partial charge is 0.305 e. The lowest BCUT2D eigenvalue weighted by Gasteiger charge is -2.22. The van der Waals surface area contributed by atoms with Crippen LogP contribution in [0.5, 0.6) is 0 Å². The standard InChI is InChI=1S/C65H129NO5/c1-3-5-7-9-11-13-15-17-18-19-20-21-24-27-30-34-37-41-45-49-53-57-63(68)62(61-67)66-64(69)58-54-50-46-42-38-35-31-28-25-22-23-26-29-32-36-40-44-48-52-56-60-71-65(70)59-55-51-47-43-39-33-16-14-12-10-8-6-4-2/h62-63,67-68H,3-61H2,1-2H3,(H,66,69). The Hall–Kier alpha value is -1.14. The van der Waals surface area contributed by atoms with Gasteiger partial charge in [-0.3, -0.25) is 9.59 Å². The Morgan fingerprint density at radius 3 is 0.859 bits per heavy atom. The normalized spacial score (nSPS) is 12.5. The van der Waals surface area contributed by atoms with Gasteiger partial charge in [-0.05, 0) is 25.7 Å². The summed E-state index contributed by atoms with van der Waals surface area (Å²) in [6, 6.07) is -0.542. The Kier molecular flexibility index (Phi) is 60.4. The van der Waals surface area contributed by atoms with Crippen LogP contribution >= 0.6 is 0 Å². The van der Waals surface area contributed by atoms with E-state index in [0.717, 1.165) is 38.5 Å². The number of nitrogens with one attached hydrogen (secondary N) is 1. The number of amides is 1. The monoisotopic (exact) mass is 1000 g/mol. The number of aliphatic hydroxyl groups is 2. The van der Waals surface area contributed by atoms with Crippen LogP contribution < -0.4 is 5.32 Å². The van der Waals surface area contributed by atoms with Gasteiger partial charge in [-0.2, -0.15) is 0 Å². The van der Waals surface area contributed by atoms with Crippen molar-refractivity contribution in [1.29, 1.82) is 0 Å². The first-order valence-corrected chi connectivity index (χ1v) is 32.8. The minimum atomic E-state index is -0.665. The summed E-state index contributed by atoms with van der Waals surface area (Å²) in [5.74, 6) is -0.0183. The molecule has 0 spiro atoms. The molecule has 0 bridgehead atoms. The van der Waals surface area contributed by atoms with Crippen molar-refractivity contribution in [2.45, 2.75) is 392 Å². The van der Waals surface area contributed by atoms with Gasteiger partial charge in [0.1, 0.15) is 0 Å². The van der Waals surface area contributed by atoms with Crippen molar-refractivity contribution >= 4 is 11.9 Å². The summed E-state index contributed by atoms with van der Waals surface area (Å²) in [6.45, 7) is 4.99. The second-order valence-electron chi connectivity index (χ2n) is 22.8. The second-order valence-corrected chi connectivity index (χ2v) is 22.8. The maximum atomic E-state index is 12.5. The van der Waals surface area contributed by atoms with Crippen molar-refractivity contribution in [2.75, 3.05) is 13.2 Å². The van der Waals surface area contributed by atoms with Gasteiger partial charge in [-0.1, -0.05) is 341 Å². The minimum absolute atomic E-state index is 0.0135. The Labute approximate surface area is 445 Å². The van der Waals surface area contributed by atoms with Gasteiger partial charge >= 0.3 is 5.97 Å². The summed E-state index contributed by atoms with van der Waals surface area (Å²) >= 11 is 0. The highest BCUT2D eigenvalue weighted by atomic mass is 16.5. The number of carbonyl (C=O) groups is 2. The highest BCUT2D eigenvalue weighted by Gasteiger charge is 2.20. The summed E-state index contributed by atoms with van der Waals surface area (Å²) in [7, 11) is 0. The van der Waals surface area contributed by atoms with Crippen LogP contribution in [0.1, 0.15) is 380 Å². The van der Waals surface area contributed by atoms with Crippen molar-refractivity contribution in [3.8, 4) is 0 Å². The molecular weight excluding hydrogens is 875 g/mol. The van der Waals surface area contributed by atoms with Gasteiger partial charge in [0.05, 0.1) is 25.4 Å². The van der Waals surface area contributed by atoms with Crippen LogP contribution in [-0.2, 0) is 14.3 Å². The van der Waals surface area contributed by atoms with Crippen molar-refractivity contribution in [3.05, 3.63) is 0 Å². The lowest BCUT2D eigenvalue weighted by atomic mass is 10.0. The van der Waals surface area contributed by atoms with Crippen molar-refractivity contribution in [2.24, 2.45) is 0 Å². The molecule has 0 aromatic rings. The summed E-state index contributed by atoms with van der Waals surface area (Å²) in [5.41, 5.74) is 0. The molecule has 0 radical (unpaired) electrons. The van der Waals surface area contributed by atoms with Crippen LogP contribution in [0.25, 0.3) is 0 Å². The van der Waals surface area contributed by atoms with E-state index >= 15 is 0 Å². The molecule has 0 saturated carbocycles. The molecule has 424 valence electrons. The quantitative estimate of drug-likeness (QED) is 0.0417. The van der Waals surface area contributed by atoms with Gasteiger partial charge in [-0.15, -0.1) is 0 Å². The largest absolute Gasteiger partial charge is 0.466 e. The van der Waals surface area contributed by atoms with Crippen molar-refractivity contribution in [1.82, 2.24) is 5.32 Å². The molecule has 6 heteroatoms. The van der Waals surface area contributed by atoms with E-state index in [9.17, 15) is 19.8 Å². The topological polar surface area (TPSA) is 95.9 Å². The van der Waals surface area contributed by atoms with E-state index in [1.54, 1.807) is 0 Å². The van der Waals surface area contributed by atoms with Gasteiger partial charge < -0.3 is 20.3 Å². The third kappa shape index (κ3) is 58.0. The Morgan fingerprint density at radius 2 is 0.577 bits per heavy atom. The highest BCUT2D eigenvalue weighted by molar-refractivity contribution is 5.76. The molecule has 0 aliphatic heterocycles. The molecular formula is C65H129NO5. The van der Waals surface area contributed by atoms with Gasteiger partial charge in [0.2, 0.25) is 5.91 Å². The molecule has 71 heavy (non-hydrogen) atoms. The predicted octanol–water partition coefficient (Wildman–Crippen LogP) is 20.6. The molecule has 0 aliphatic carbocycles. The Balaban J connectivity index is 3.38. The van der Waals surface area contributed by atoms with Gasteiger partial charge in [0, 0.05) is 12.8 Å². The number of esters is 1. The summed E-state index contributed by atoms with van der Waals surface area (Å²) in [4.78, 5) is 24.6. The van der Waals surface area contributed by atoms with E-state index in [2.05, 4.69) is 19.2 Å². The van der Waals surface area contributed by atoms with E-state index in [0.29, 0.717) is 25.9 Å². The van der Waals surface area contributed by atoms with Gasteiger partial charge in [0.25, 0.3) is 0 Å². The van der Waals surface area contributed by atoms with Crippen LogP contribution in [0.4, 0.5) is 0 Å². The first-order valence-electron chi connectivity index (χ1n) is 32.8. The Bertz CT molecular complexity index is 1020. The molecule has 6 nitrogen and oxygen atoms in total. The first-order chi connectivity index (χ1) is 35.0. The second kappa shape index (κ2) is 61.4. The molecule has 2 unspecified atom stereocenters. The summed E-state index contributed by atoms with van der Waals surface area (Å²) < 4.78 is 5.48. The lowest BCUT2D eigenvalue weighted by Crippen LogP contribution is -2.45. The van der Waals surface area contributed by atoms with E-state index in [1.807, 2.05) is 0 Å². The fourth-order valence-corrected chi connectivity index (χ4v) is 10.6. The average Bonchev–Trinajstić information content (AvgIpc) is 3.37. The number of unbranched alkanes of at least 4 members (excludes halogenated alkanes) is 51. The van der Waals surface area contributed by atoms with Crippen LogP contribution in [-0.4, -0.2) is 47.4 Å². The molecule has 2 atom stereocenters. The van der Waals surface area contributed by atoms with E-state index in [1.165, 1.54) is 308 Å². The number of ether oxygens (including phenoxy) is 1. The fourth-order valence-electron chi connectivity index (χ4n) is 10.6. The van der Waals surface area contributed by atoms with Crippen molar-refractivity contribution < 1.29 is 24.5 Å². The molecule has 0 rings (SSSR count). The van der Waals surface area contributed by atoms with Gasteiger partial charge in [0.15, 0.2) is 0 Å². The average molecular weight is 1000 g/mol. The molecule has 0 aromatic carbocycles. The van der Waals surface area contributed by atoms with Gasteiger partial charge in [-0.25, -0.2) is 0 Å². The zero-order chi connectivity index (χ0) is 51.4. The lowest BCUT2D eigenvalue weighted by molar-refractivity contribution is -0.143. The van der Waals surface area contributed by atoms with E-state index in [-0.39, 0.29) is 18.5 Å². The number of hydrogen-bond acceptors (Lipinski definition) is 5. The zero-order valence-corrected chi connectivity index (χ0v) is 48.5. The molecule has 1 amide bonds. The van der Waals surface area contributed by atoms with Crippen LogP contribution in [0.15, 0.2) is 0 Å². The highest BCUT2D eigenvalue weighted by Crippen LogP contribution is 2.19. The number of hydrogen-bond donors (Lipinski definition) is 3. The number of aliphatic hydroxyl groups excluding tert-OH is 2. The van der Waals surface area contributed by atoms with E-state index < -0.39 is 12.1 Å². The van der Waals surface area contributed by atoms with E-state index in [4.69, 9.17) is 4.74 Å². The van der Waals surface area contributed by atoms with Crippen molar-refractivity contribution in [3.63, 3.8) is 0 Å². The minimum Gasteiger partial charge on any atom is -0.466 e. The zero-order valence-electron chi connectivity index (χ0n) is 48.5. The maximum Gasteiger partial charge on any atom is 0.305 e. The maximum absolute atomic E-state index is 12.5. The van der Waals surface area contributed by atoms with Crippen LogP contribution in [0.3, 0.4) is 0 Å². The first kappa shape index (κ1) is 69.9. The third-order valence-electron chi connectivity index (χ3n) is 15.7. The molecule has 0 fully saturated rings. The predicted molar refractivity (Wildman–Crippen MR) is 310 cm³/mol. The Morgan fingerprint density at radius 1 is 0.338 bits per heavy atom. The fraction of sp³-hybridized carbons (Fsp3) is 0.969. The molecule has 3 N–H and O–H groups in total.